The Kier molecular flexibility index (Phi) is 4.48. The predicted molar refractivity (Wildman–Crippen MR) is 117 cm³/mol. The van der Waals surface area contributed by atoms with Crippen LogP contribution < -0.4 is 5.32 Å². The molecule has 2 aromatic rings. The molecule has 2 bridgehead atoms. The van der Waals surface area contributed by atoms with Gasteiger partial charge >= 0.3 is 0 Å². The number of hydrogen-bond acceptors (Lipinski definition) is 4. The number of Topliss-reactive ketones (excluding diaryl/α,β-unsaturated/α-hetero) is 2. The highest BCUT2D eigenvalue weighted by atomic mass is 16.2. The maximum Gasteiger partial charge on any atom is 0.227 e. The van der Waals surface area contributed by atoms with Crippen LogP contribution in [-0.2, 0) is 14.4 Å². The normalized spacial score (nSPS) is 36.7. The average molecular weight is 417 g/mol. The lowest BCUT2D eigenvalue weighted by molar-refractivity contribution is -0.132. The largest absolute Gasteiger partial charge is 0.324 e. The van der Waals surface area contributed by atoms with Crippen LogP contribution in [0, 0.1) is 41.4 Å². The number of fused-ring (bicyclic) bond motifs is 6. The first-order valence-electron chi connectivity index (χ1n) is 11.8. The third-order valence-electron chi connectivity index (χ3n) is 8.69. The Morgan fingerprint density at radius 1 is 0.839 bits per heavy atom. The third kappa shape index (κ3) is 2.96. The van der Waals surface area contributed by atoms with E-state index in [9.17, 15) is 14.4 Å². The van der Waals surface area contributed by atoms with Gasteiger partial charge in [0.15, 0.2) is 0 Å². The first-order valence-corrected chi connectivity index (χ1v) is 11.8. The van der Waals surface area contributed by atoms with E-state index >= 15 is 0 Å². The number of carbonyl (C=O) groups excluding carboxylic acids is 3. The second-order valence-corrected chi connectivity index (χ2v) is 10.1. The van der Waals surface area contributed by atoms with Crippen LogP contribution in [0.25, 0.3) is 10.9 Å². The summed E-state index contributed by atoms with van der Waals surface area (Å²) in [5.74, 6) is 1.17. The van der Waals surface area contributed by atoms with E-state index < -0.39 is 0 Å². The first-order chi connectivity index (χ1) is 15.1. The summed E-state index contributed by atoms with van der Waals surface area (Å²) in [7, 11) is 0. The molecule has 5 nitrogen and oxygen atoms in total. The zero-order valence-electron chi connectivity index (χ0n) is 17.6. The Bertz CT molecular complexity index is 1040. The number of benzene rings is 1. The smallest absolute Gasteiger partial charge is 0.227 e. The molecule has 6 rings (SSSR count). The van der Waals surface area contributed by atoms with Crippen LogP contribution in [0.4, 0.5) is 5.69 Å². The summed E-state index contributed by atoms with van der Waals surface area (Å²) in [5.41, 5.74) is 1.55. The van der Waals surface area contributed by atoms with Crippen LogP contribution in [0.2, 0.25) is 0 Å². The summed E-state index contributed by atoms with van der Waals surface area (Å²) < 4.78 is 0. The molecule has 1 aromatic carbocycles. The van der Waals surface area contributed by atoms with Crippen molar-refractivity contribution in [3.63, 3.8) is 0 Å². The Hall–Kier alpha value is -2.56. The number of para-hydroxylation sites is 1. The molecular weight excluding hydrogens is 388 g/mol. The number of ketones is 2. The summed E-state index contributed by atoms with van der Waals surface area (Å²) in [4.78, 5) is 43.7. The van der Waals surface area contributed by atoms with E-state index in [1.807, 2.05) is 30.3 Å². The van der Waals surface area contributed by atoms with Crippen LogP contribution in [0.1, 0.15) is 44.9 Å². The SMILES string of the molecule is O=C1[C@@H]2[C@@H]3CC[C@@H](C3)[C@@H]2C(=O)[C@@H]1[C@H]1CC[C@H](C(=O)Nc2cccc3cccnc23)CC1. The summed E-state index contributed by atoms with van der Waals surface area (Å²) in [5, 5.41) is 4.08. The fourth-order valence-electron chi connectivity index (χ4n) is 7.28. The molecule has 1 N–H and O–H groups in total. The minimum atomic E-state index is -0.385. The minimum absolute atomic E-state index is 0.0237. The summed E-state index contributed by atoms with van der Waals surface area (Å²) in [6.45, 7) is 0. The Morgan fingerprint density at radius 2 is 1.48 bits per heavy atom. The molecule has 5 atom stereocenters. The molecule has 4 aliphatic carbocycles. The fraction of sp³-hybridized carbons (Fsp3) is 0.538. The van der Waals surface area contributed by atoms with Crippen molar-refractivity contribution < 1.29 is 14.4 Å². The quantitative estimate of drug-likeness (QED) is 0.752. The van der Waals surface area contributed by atoms with Gasteiger partial charge in [0.1, 0.15) is 11.6 Å². The molecule has 1 aromatic heterocycles. The second-order valence-electron chi connectivity index (χ2n) is 10.1. The fourth-order valence-corrected chi connectivity index (χ4v) is 7.28. The lowest BCUT2D eigenvalue weighted by Gasteiger charge is -2.31. The minimum Gasteiger partial charge on any atom is -0.324 e. The molecule has 31 heavy (non-hydrogen) atoms. The molecule has 0 spiro atoms. The number of anilines is 1. The van der Waals surface area contributed by atoms with Gasteiger partial charge in [0, 0.05) is 29.3 Å². The monoisotopic (exact) mass is 416 g/mol. The summed E-state index contributed by atoms with van der Waals surface area (Å²) in [6.07, 6.45) is 8.17. The predicted octanol–water partition coefficient (Wildman–Crippen LogP) is 4.41. The molecule has 1 heterocycles. The standard InChI is InChI=1S/C26H28N2O3/c29-24-20-17-10-11-18(13-17)21(20)25(30)22(24)14-6-8-16(9-7-14)26(31)28-19-5-1-3-15-4-2-12-27-23(15)19/h1-5,12,14,16-18,20-22H,6-11,13H2,(H,28,31)/t14-,16-,17-,18+,20-,21+,22-. The maximum atomic E-state index is 13.2. The maximum absolute atomic E-state index is 13.2. The highest BCUT2D eigenvalue weighted by molar-refractivity contribution is 6.12. The van der Waals surface area contributed by atoms with Crippen molar-refractivity contribution in [2.45, 2.75) is 44.9 Å². The van der Waals surface area contributed by atoms with Crippen molar-refractivity contribution in [1.82, 2.24) is 4.98 Å². The molecule has 4 aliphatic rings. The zero-order chi connectivity index (χ0) is 21.1. The van der Waals surface area contributed by atoms with E-state index in [4.69, 9.17) is 0 Å². The second kappa shape index (κ2) is 7.25. The van der Waals surface area contributed by atoms with Gasteiger partial charge in [-0.05, 0) is 74.8 Å². The molecule has 1 amide bonds. The van der Waals surface area contributed by atoms with Crippen LogP contribution >= 0.6 is 0 Å². The van der Waals surface area contributed by atoms with Crippen molar-refractivity contribution in [3.8, 4) is 0 Å². The number of pyridine rings is 1. The van der Waals surface area contributed by atoms with Crippen molar-refractivity contribution in [2.75, 3.05) is 5.32 Å². The average Bonchev–Trinajstić information content (AvgIpc) is 3.48. The number of amides is 1. The van der Waals surface area contributed by atoms with E-state index in [0.717, 1.165) is 61.5 Å². The van der Waals surface area contributed by atoms with E-state index in [-0.39, 0.29) is 47.1 Å². The van der Waals surface area contributed by atoms with Crippen LogP contribution in [-0.4, -0.2) is 22.5 Å². The van der Waals surface area contributed by atoms with Crippen LogP contribution in [0.15, 0.2) is 36.5 Å². The summed E-state index contributed by atoms with van der Waals surface area (Å²) in [6, 6.07) is 9.68. The highest BCUT2D eigenvalue weighted by Crippen LogP contribution is 2.59. The van der Waals surface area contributed by atoms with E-state index in [0.29, 0.717) is 11.8 Å². The Morgan fingerprint density at radius 3 is 2.19 bits per heavy atom. The van der Waals surface area contributed by atoms with Gasteiger partial charge in [0.2, 0.25) is 5.91 Å². The molecule has 4 saturated carbocycles. The van der Waals surface area contributed by atoms with Gasteiger partial charge in [-0.1, -0.05) is 18.2 Å². The zero-order valence-corrected chi connectivity index (χ0v) is 17.6. The van der Waals surface area contributed by atoms with Gasteiger partial charge in [-0.15, -0.1) is 0 Å². The van der Waals surface area contributed by atoms with Gasteiger partial charge < -0.3 is 5.32 Å². The van der Waals surface area contributed by atoms with Crippen LogP contribution in [0.5, 0.6) is 0 Å². The third-order valence-corrected chi connectivity index (χ3v) is 8.69. The van der Waals surface area contributed by atoms with Gasteiger partial charge in [-0.25, -0.2) is 0 Å². The molecule has 0 radical (unpaired) electrons. The van der Waals surface area contributed by atoms with Crippen molar-refractivity contribution in [1.29, 1.82) is 0 Å². The Labute approximate surface area is 182 Å². The molecular formula is C26H28N2O3. The lowest BCUT2D eigenvalue weighted by atomic mass is 9.73. The first kappa shape index (κ1) is 19.1. The van der Waals surface area contributed by atoms with Gasteiger partial charge in [0.25, 0.3) is 0 Å². The van der Waals surface area contributed by atoms with Crippen molar-refractivity contribution >= 4 is 34.1 Å². The van der Waals surface area contributed by atoms with Gasteiger partial charge in [-0.2, -0.15) is 0 Å². The number of carbonyl (C=O) groups is 3. The molecule has 0 saturated heterocycles. The molecule has 4 fully saturated rings. The van der Waals surface area contributed by atoms with Crippen molar-refractivity contribution in [3.05, 3.63) is 36.5 Å². The van der Waals surface area contributed by atoms with Crippen LogP contribution in [0.3, 0.4) is 0 Å². The van der Waals surface area contributed by atoms with Crippen molar-refractivity contribution in [2.24, 2.45) is 41.4 Å². The van der Waals surface area contributed by atoms with E-state index in [1.165, 1.54) is 0 Å². The lowest BCUT2D eigenvalue weighted by Crippen LogP contribution is -2.34. The number of nitrogens with one attached hydrogen (secondary N) is 1. The Balaban J connectivity index is 1.12. The van der Waals surface area contributed by atoms with E-state index in [1.54, 1.807) is 6.20 Å². The summed E-state index contributed by atoms with van der Waals surface area (Å²) >= 11 is 0. The number of nitrogens with zero attached hydrogens (tertiary/aromatic N) is 1. The molecule has 0 unspecified atom stereocenters. The molecule has 160 valence electrons. The van der Waals surface area contributed by atoms with E-state index in [2.05, 4.69) is 10.3 Å². The van der Waals surface area contributed by atoms with Gasteiger partial charge in [0.05, 0.1) is 17.1 Å². The highest BCUT2D eigenvalue weighted by Gasteiger charge is 2.62. The number of aromatic nitrogens is 1. The molecule has 0 aliphatic heterocycles. The topological polar surface area (TPSA) is 76.1 Å². The van der Waals surface area contributed by atoms with Gasteiger partial charge in [-0.3, -0.25) is 19.4 Å². The number of hydrogen-bond donors (Lipinski definition) is 1. The number of rotatable bonds is 3. The molecule has 5 heteroatoms.